The molecule has 0 spiro atoms. The maximum Gasteiger partial charge on any atom is 0.219 e. The first kappa shape index (κ1) is 14.0. The zero-order chi connectivity index (χ0) is 16.0. The van der Waals surface area contributed by atoms with Crippen LogP contribution in [0.5, 0.6) is 0 Å². The van der Waals surface area contributed by atoms with Crippen molar-refractivity contribution in [1.29, 1.82) is 0 Å². The molecule has 0 amide bonds. The molecule has 1 heterocycles. The van der Waals surface area contributed by atoms with Gasteiger partial charge in [-0.3, -0.25) is 0 Å². The van der Waals surface area contributed by atoms with Gasteiger partial charge in [0.25, 0.3) is 0 Å². The summed E-state index contributed by atoms with van der Waals surface area (Å²) in [4.78, 5) is 0. The number of hydrogen-bond donors (Lipinski definition) is 0. The zero-order valence-electron chi connectivity index (χ0n) is 13.8. The Morgan fingerprint density at radius 3 is 1.61 bits per heavy atom. The van der Waals surface area contributed by atoms with E-state index in [-0.39, 0.29) is 0 Å². The van der Waals surface area contributed by atoms with Gasteiger partial charge < -0.3 is 0 Å². The van der Waals surface area contributed by atoms with Crippen LogP contribution in [0.25, 0.3) is 27.5 Å². The van der Waals surface area contributed by atoms with E-state index in [9.17, 15) is 0 Å². The van der Waals surface area contributed by atoms with Gasteiger partial charge in [-0.05, 0) is 51.1 Å². The number of fused-ring (bicyclic) bond motifs is 2. The third kappa shape index (κ3) is 2.20. The van der Waals surface area contributed by atoms with Crippen molar-refractivity contribution < 1.29 is 4.57 Å². The molecule has 4 rings (SSSR count). The second-order valence-corrected chi connectivity index (χ2v) is 6.34. The summed E-state index contributed by atoms with van der Waals surface area (Å²) in [6.07, 6.45) is 0. The Bertz CT molecular complexity index is 967. The van der Waals surface area contributed by atoms with Gasteiger partial charge >= 0.3 is 0 Å². The predicted molar refractivity (Wildman–Crippen MR) is 97.2 cm³/mol. The smallest absolute Gasteiger partial charge is 0.152 e. The Kier molecular flexibility index (Phi) is 3.16. The van der Waals surface area contributed by atoms with Crippen molar-refractivity contribution in [3.63, 3.8) is 0 Å². The minimum Gasteiger partial charge on any atom is -0.152 e. The molecule has 0 radical (unpaired) electrons. The van der Waals surface area contributed by atoms with E-state index in [1.54, 1.807) is 0 Å². The van der Waals surface area contributed by atoms with Gasteiger partial charge in [-0.1, -0.05) is 29.8 Å². The van der Waals surface area contributed by atoms with Crippen LogP contribution in [0.4, 0.5) is 0 Å². The van der Waals surface area contributed by atoms with E-state index >= 15 is 0 Å². The molecule has 1 aromatic heterocycles. The fraction of sp³-hybridized carbons (Fsp3) is 0.136. The minimum absolute atomic E-state index is 1.25. The van der Waals surface area contributed by atoms with Gasteiger partial charge in [0.1, 0.15) is 0 Å². The van der Waals surface area contributed by atoms with Gasteiger partial charge in [-0.2, -0.15) is 4.57 Å². The van der Waals surface area contributed by atoms with Crippen molar-refractivity contribution in [2.24, 2.45) is 0 Å². The van der Waals surface area contributed by atoms with Crippen LogP contribution in [0.15, 0.2) is 66.7 Å². The second-order valence-electron chi connectivity index (χ2n) is 6.34. The molecule has 3 aromatic carbocycles. The molecule has 0 fully saturated rings. The van der Waals surface area contributed by atoms with Crippen LogP contribution >= 0.6 is 0 Å². The van der Waals surface area contributed by atoms with E-state index in [4.69, 9.17) is 0 Å². The van der Waals surface area contributed by atoms with Crippen LogP contribution in [-0.4, -0.2) is 0 Å². The van der Waals surface area contributed by atoms with Crippen LogP contribution in [0.2, 0.25) is 0 Å². The second kappa shape index (κ2) is 5.20. The Labute approximate surface area is 136 Å². The van der Waals surface area contributed by atoms with E-state index in [1.807, 2.05) is 0 Å². The van der Waals surface area contributed by atoms with Gasteiger partial charge in [-0.25, -0.2) is 0 Å². The average molecular weight is 298 g/mol. The highest BCUT2D eigenvalue weighted by Crippen LogP contribution is 2.24. The van der Waals surface area contributed by atoms with Gasteiger partial charge in [-0.15, -0.1) is 0 Å². The number of nitrogens with zero attached hydrogens (tertiary/aromatic N) is 1. The van der Waals surface area contributed by atoms with E-state index in [0.717, 1.165) is 0 Å². The molecule has 0 aliphatic carbocycles. The van der Waals surface area contributed by atoms with Gasteiger partial charge in [0.2, 0.25) is 16.7 Å². The molecule has 0 aliphatic rings. The van der Waals surface area contributed by atoms with Gasteiger partial charge in [0, 0.05) is 34.0 Å². The Morgan fingerprint density at radius 2 is 1.09 bits per heavy atom. The van der Waals surface area contributed by atoms with Crippen molar-refractivity contribution in [3.05, 3.63) is 83.4 Å². The van der Waals surface area contributed by atoms with Crippen LogP contribution in [0.1, 0.15) is 16.7 Å². The van der Waals surface area contributed by atoms with Crippen molar-refractivity contribution in [2.45, 2.75) is 20.8 Å². The molecule has 112 valence electrons. The van der Waals surface area contributed by atoms with Gasteiger partial charge in [0.15, 0.2) is 0 Å². The molecule has 0 N–H and O–H groups in total. The summed E-state index contributed by atoms with van der Waals surface area (Å²) in [6, 6.07) is 24.1. The lowest BCUT2D eigenvalue weighted by molar-refractivity contribution is -0.539. The summed E-state index contributed by atoms with van der Waals surface area (Å²) in [6.45, 7) is 6.58. The molecule has 23 heavy (non-hydrogen) atoms. The van der Waals surface area contributed by atoms with Crippen molar-refractivity contribution in [2.75, 3.05) is 0 Å². The molecule has 0 aliphatic heterocycles. The third-order valence-corrected chi connectivity index (χ3v) is 4.53. The molecule has 1 heteroatoms. The van der Waals surface area contributed by atoms with E-state index in [1.165, 1.54) is 44.2 Å². The first-order valence-corrected chi connectivity index (χ1v) is 8.06. The molecule has 0 bridgehead atoms. The van der Waals surface area contributed by atoms with Crippen LogP contribution in [0, 0.1) is 20.8 Å². The van der Waals surface area contributed by atoms with Gasteiger partial charge in [0.05, 0.1) is 0 Å². The molecule has 4 aromatic rings. The van der Waals surface area contributed by atoms with Crippen LogP contribution in [0.3, 0.4) is 0 Å². The first-order chi connectivity index (χ1) is 11.1. The minimum atomic E-state index is 1.25. The Balaban J connectivity index is 2.25. The highest BCUT2D eigenvalue weighted by Gasteiger charge is 2.21. The number of pyridine rings is 1. The predicted octanol–water partition coefficient (Wildman–Crippen LogP) is 5.19. The average Bonchev–Trinajstić information content (AvgIpc) is 2.53. The largest absolute Gasteiger partial charge is 0.219 e. The van der Waals surface area contributed by atoms with Crippen molar-refractivity contribution in [3.8, 4) is 5.69 Å². The molecule has 0 unspecified atom stereocenters. The summed E-state index contributed by atoms with van der Waals surface area (Å²) in [5.41, 5.74) is 7.74. The quantitative estimate of drug-likeness (QED) is 0.336. The maximum atomic E-state index is 2.41. The van der Waals surface area contributed by atoms with E-state index in [2.05, 4.69) is 92.1 Å². The fourth-order valence-corrected chi connectivity index (χ4v) is 3.69. The molecular weight excluding hydrogens is 278 g/mol. The lowest BCUT2D eigenvalue weighted by Crippen LogP contribution is -2.34. The SMILES string of the molecule is Cc1cc(C)c(-[n+]2c3ccccc3cc3ccccc32)c(C)c1. The monoisotopic (exact) mass is 298 g/mol. The normalized spacial score (nSPS) is 11.3. The summed E-state index contributed by atoms with van der Waals surface area (Å²) in [5, 5.41) is 2.54. The van der Waals surface area contributed by atoms with E-state index < -0.39 is 0 Å². The number of rotatable bonds is 1. The number of aryl methyl sites for hydroxylation is 3. The highest BCUT2D eigenvalue weighted by molar-refractivity contribution is 5.89. The number of hydrogen-bond acceptors (Lipinski definition) is 0. The number of aromatic nitrogens is 1. The standard InChI is InChI=1S/C22H20N/c1-15-12-16(2)22(17(3)13-15)23-20-10-6-4-8-18(20)14-19-9-5-7-11-21(19)23/h4-14H,1-3H3/q+1. The first-order valence-electron chi connectivity index (χ1n) is 8.06. The lowest BCUT2D eigenvalue weighted by Gasteiger charge is -2.10. The molecule has 0 saturated carbocycles. The highest BCUT2D eigenvalue weighted by atomic mass is 15.0. The molecular formula is C22H20N+. The maximum absolute atomic E-state index is 2.41. The molecule has 0 atom stereocenters. The zero-order valence-corrected chi connectivity index (χ0v) is 13.8. The molecule has 0 saturated heterocycles. The summed E-state index contributed by atoms with van der Waals surface area (Å²) in [5.74, 6) is 0. The summed E-state index contributed by atoms with van der Waals surface area (Å²) < 4.78 is 2.41. The van der Waals surface area contributed by atoms with Crippen molar-refractivity contribution in [1.82, 2.24) is 0 Å². The molecule has 1 nitrogen and oxygen atoms in total. The number of para-hydroxylation sites is 2. The van der Waals surface area contributed by atoms with Crippen LogP contribution < -0.4 is 4.57 Å². The Hall–Kier alpha value is -2.67. The number of benzene rings is 3. The Morgan fingerprint density at radius 1 is 0.609 bits per heavy atom. The van der Waals surface area contributed by atoms with E-state index in [0.29, 0.717) is 0 Å². The third-order valence-electron chi connectivity index (χ3n) is 4.53. The van der Waals surface area contributed by atoms with Crippen LogP contribution in [-0.2, 0) is 0 Å². The summed E-state index contributed by atoms with van der Waals surface area (Å²) in [7, 11) is 0. The lowest BCUT2D eigenvalue weighted by atomic mass is 10.0. The fourth-order valence-electron chi connectivity index (χ4n) is 3.69. The summed E-state index contributed by atoms with van der Waals surface area (Å²) >= 11 is 0. The van der Waals surface area contributed by atoms with Crippen molar-refractivity contribution >= 4 is 21.8 Å². The topological polar surface area (TPSA) is 3.88 Å².